The topological polar surface area (TPSA) is 77.8 Å². The van der Waals surface area contributed by atoms with Gasteiger partial charge < -0.3 is 15.1 Å². The summed E-state index contributed by atoms with van der Waals surface area (Å²) in [7, 11) is 0. The Morgan fingerprint density at radius 3 is 2.75 bits per heavy atom. The third kappa shape index (κ3) is 8.09. The third-order valence-electron chi connectivity index (χ3n) is 4.93. The van der Waals surface area contributed by atoms with Crippen molar-refractivity contribution in [1.82, 2.24) is 4.90 Å². The molecule has 2 unspecified atom stereocenters. The van der Waals surface area contributed by atoms with Crippen molar-refractivity contribution in [1.29, 1.82) is 0 Å². The molecule has 1 heterocycles. The highest BCUT2D eigenvalue weighted by Crippen LogP contribution is 2.19. The van der Waals surface area contributed by atoms with Gasteiger partial charge in [0.1, 0.15) is 0 Å². The number of carbonyl (C=O) groups excluding carboxylic acids is 1. The summed E-state index contributed by atoms with van der Waals surface area (Å²) >= 11 is 0. The third-order valence-corrected chi connectivity index (χ3v) is 4.93. The highest BCUT2D eigenvalue weighted by atomic mass is 16.4. The first-order valence-electron chi connectivity index (χ1n) is 10.1. The van der Waals surface area contributed by atoms with Crippen molar-refractivity contribution in [2.24, 2.45) is 0 Å². The largest absolute Gasteiger partial charge is 0.481 e. The van der Waals surface area contributed by atoms with E-state index in [-0.39, 0.29) is 18.4 Å². The molecule has 1 fully saturated rings. The molecular formula is C23H31NO4. The minimum Gasteiger partial charge on any atom is -0.481 e. The molecule has 0 spiro atoms. The first-order chi connectivity index (χ1) is 13.6. The number of unbranched alkanes of at least 4 members (excludes halogenated alkanes) is 1. The molecule has 1 aliphatic heterocycles. The van der Waals surface area contributed by atoms with E-state index in [1.165, 1.54) is 0 Å². The molecule has 0 saturated carbocycles. The van der Waals surface area contributed by atoms with Crippen LogP contribution < -0.4 is 0 Å². The first-order valence-corrected chi connectivity index (χ1v) is 10.1. The highest BCUT2D eigenvalue weighted by molar-refractivity contribution is 5.77. The van der Waals surface area contributed by atoms with Gasteiger partial charge in [-0.1, -0.05) is 61.1 Å². The van der Waals surface area contributed by atoms with Gasteiger partial charge in [-0.25, -0.2) is 0 Å². The maximum absolute atomic E-state index is 12.5. The number of aliphatic carboxylic acids is 1. The van der Waals surface area contributed by atoms with Crippen LogP contribution in [-0.2, 0) is 16.0 Å². The van der Waals surface area contributed by atoms with Gasteiger partial charge in [0.25, 0.3) is 0 Å². The zero-order valence-electron chi connectivity index (χ0n) is 16.4. The average molecular weight is 386 g/mol. The Morgan fingerprint density at radius 2 is 2.00 bits per heavy atom. The van der Waals surface area contributed by atoms with Crippen molar-refractivity contribution in [3.63, 3.8) is 0 Å². The van der Waals surface area contributed by atoms with Gasteiger partial charge in [0.2, 0.25) is 5.91 Å². The van der Waals surface area contributed by atoms with Crippen LogP contribution in [0.5, 0.6) is 0 Å². The number of carbonyl (C=O) groups is 2. The summed E-state index contributed by atoms with van der Waals surface area (Å²) in [6, 6.07) is 9.85. The number of carboxylic acids is 1. The maximum atomic E-state index is 12.5. The van der Waals surface area contributed by atoms with Gasteiger partial charge in [-0.05, 0) is 31.2 Å². The van der Waals surface area contributed by atoms with Crippen LogP contribution in [0.4, 0.5) is 0 Å². The number of aliphatic hydroxyl groups is 1. The van der Waals surface area contributed by atoms with E-state index < -0.39 is 12.1 Å². The van der Waals surface area contributed by atoms with Crippen LogP contribution in [0.3, 0.4) is 0 Å². The zero-order chi connectivity index (χ0) is 20.2. The van der Waals surface area contributed by atoms with E-state index in [1.54, 1.807) is 6.08 Å². The van der Waals surface area contributed by atoms with E-state index in [0.29, 0.717) is 32.2 Å². The number of hydrogen-bond donors (Lipinski definition) is 2. The van der Waals surface area contributed by atoms with Gasteiger partial charge in [-0.3, -0.25) is 9.59 Å². The summed E-state index contributed by atoms with van der Waals surface area (Å²) in [5.74, 6) is -0.643. The molecule has 5 nitrogen and oxygen atoms in total. The van der Waals surface area contributed by atoms with Gasteiger partial charge in [0, 0.05) is 25.8 Å². The highest BCUT2D eigenvalue weighted by Gasteiger charge is 2.23. The number of amides is 1. The fourth-order valence-electron chi connectivity index (χ4n) is 3.41. The molecular weight excluding hydrogens is 354 g/mol. The molecule has 1 aromatic carbocycles. The molecule has 28 heavy (non-hydrogen) atoms. The number of benzene rings is 1. The Labute approximate surface area is 167 Å². The SMILES string of the molecule is O=C(O)CCC/C=C\CN1C(=O)CCCCC1/C=C/C(O)Cc1ccccc1. The van der Waals surface area contributed by atoms with Gasteiger partial charge in [0.15, 0.2) is 0 Å². The van der Waals surface area contributed by atoms with Crippen LogP contribution in [0.15, 0.2) is 54.6 Å². The minimum atomic E-state index is -0.782. The van der Waals surface area contributed by atoms with Crippen molar-refractivity contribution < 1.29 is 19.8 Å². The van der Waals surface area contributed by atoms with Crippen molar-refractivity contribution in [2.45, 2.75) is 63.5 Å². The summed E-state index contributed by atoms with van der Waals surface area (Å²) in [4.78, 5) is 24.9. The van der Waals surface area contributed by atoms with Crippen molar-refractivity contribution in [3.8, 4) is 0 Å². The molecule has 1 saturated heterocycles. The van der Waals surface area contributed by atoms with E-state index in [1.807, 2.05) is 53.5 Å². The summed E-state index contributed by atoms with van der Waals surface area (Å²) in [6.45, 7) is 0.524. The molecule has 2 N–H and O–H groups in total. The Hall–Kier alpha value is -2.40. The monoisotopic (exact) mass is 385 g/mol. The Kier molecular flexibility index (Phi) is 9.49. The van der Waals surface area contributed by atoms with Gasteiger partial charge in [-0.15, -0.1) is 0 Å². The molecule has 2 rings (SSSR count). The predicted octanol–water partition coefficient (Wildman–Crippen LogP) is 3.73. The molecule has 0 bridgehead atoms. The van der Waals surface area contributed by atoms with E-state index in [0.717, 1.165) is 24.8 Å². The number of carboxylic acid groups (broad SMARTS) is 1. The zero-order valence-corrected chi connectivity index (χ0v) is 16.4. The Balaban J connectivity index is 1.91. The fraction of sp³-hybridized carbons (Fsp3) is 0.478. The second kappa shape index (κ2) is 12.1. The van der Waals surface area contributed by atoms with Gasteiger partial charge in [0.05, 0.1) is 12.1 Å². The van der Waals surface area contributed by atoms with Gasteiger partial charge in [-0.2, -0.15) is 0 Å². The van der Waals surface area contributed by atoms with Crippen LogP contribution in [0.2, 0.25) is 0 Å². The number of likely N-dealkylation sites (tertiary alicyclic amines) is 1. The lowest BCUT2D eigenvalue weighted by Crippen LogP contribution is -2.38. The molecule has 0 aliphatic carbocycles. The number of hydrogen-bond acceptors (Lipinski definition) is 3. The molecule has 2 atom stereocenters. The second-order valence-corrected chi connectivity index (χ2v) is 7.26. The lowest BCUT2D eigenvalue weighted by atomic mass is 10.0. The van der Waals surface area contributed by atoms with E-state index >= 15 is 0 Å². The van der Waals surface area contributed by atoms with Crippen LogP contribution in [0.1, 0.15) is 50.5 Å². The molecule has 1 aliphatic rings. The number of aliphatic hydroxyl groups excluding tert-OH is 1. The fourth-order valence-corrected chi connectivity index (χ4v) is 3.41. The predicted molar refractivity (Wildman–Crippen MR) is 110 cm³/mol. The summed E-state index contributed by atoms with van der Waals surface area (Å²) in [6.07, 6.45) is 12.5. The summed E-state index contributed by atoms with van der Waals surface area (Å²) in [5.41, 5.74) is 1.08. The van der Waals surface area contributed by atoms with E-state index in [2.05, 4.69) is 0 Å². The standard InChI is InChI=1S/C23H31NO4/c25-21(18-19-10-4-3-5-11-19)16-15-20-12-7-8-13-22(26)24(20)17-9-2-1-6-14-23(27)28/h2-5,9-11,15-16,20-21,25H,1,6-8,12-14,17-18H2,(H,27,28)/b9-2-,16-15+. The first kappa shape index (κ1) is 21.9. The lowest BCUT2D eigenvalue weighted by molar-refractivity contribution is -0.137. The maximum Gasteiger partial charge on any atom is 0.303 e. The average Bonchev–Trinajstić information content (AvgIpc) is 2.85. The smallest absolute Gasteiger partial charge is 0.303 e. The molecule has 1 aromatic rings. The number of nitrogens with zero attached hydrogens (tertiary/aromatic N) is 1. The number of rotatable bonds is 10. The Bertz CT molecular complexity index is 668. The molecule has 5 heteroatoms. The second-order valence-electron chi connectivity index (χ2n) is 7.26. The van der Waals surface area contributed by atoms with E-state index in [4.69, 9.17) is 5.11 Å². The minimum absolute atomic E-state index is 0.0101. The van der Waals surface area contributed by atoms with E-state index in [9.17, 15) is 14.7 Å². The number of allylic oxidation sites excluding steroid dienone is 1. The van der Waals surface area contributed by atoms with Crippen LogP contribution in [-0.4, -0.2) is 45.7 Å². The van der Waals surface area contributed by atoms with Crippen LogP contribution in [0, 0.1) is 0 Å². The van der Waals surface area contributed by atoms with Crippen molar-refractivity contribution in [2.75, 3.05) is 6.54 Å². The lowest BCUT2D eigenvalue weighted by Gasteiger charge is -2.27. The Morgan fingerprint density at radius 1 is 1.21 bits per heavy atom. The van der Waals surface area contributed by atoms with Crippen molar-refractivity contribution >= 4 is 11.9 Å². The quantitative estimate of drug-likeness (QED) is 0.475. The summed E-state index contributed by atoms with van der Waals surface area (Å²) in [5, 5.41) is 19.0. The summed E-state index contributed by atoms with van der Waals surface area (Å²) < 4.78 is 0. The molecule has 1 amide bonds. The van der Waals surface area contributed by atoms with Crippen molar-refractivity contribution in [3.05, 3.63) is 60.2 Å². The van der Waals surface area contributed by atoms with Crippen LogP contribution in [0.25, 0.3) is 0 Å². The molecule has 0 radical (unpaired) electrons. The van der Waals surface area contributed by atoms with Gasteiger partial charge >= 0.3 is 5.97 Å². The molecule has 152 valence electrons. The molecule has 0 aromatic heterocycles. The normalized spacial score (nSPS) is 19.2. The van der Waals surface area contributed by atoms with Crippen LogP contribution >= 0.6 is 0 Å².